The molecule has 3 aromatic rings. The maximum Gasteiger partial charge on any atom is 0.264 e. The molecule has 2 amide bonds. The van der Waals surface area contributed by atoms with Crippen LogP contribution in [0, 0.1) is 5.92 Å². The van der Waals surface area contributed by atoms with Gasteiger partial charge in [0.05, 0.1) is 15.2 Å². The Hall–Kier alpha value is -2.44. The van der Waals surface area contributed by atoms with Crippen molar-refractivity contribution in [3.8, 4) is 0 Å². The Labute approximate surface area is 194 Å². The van der Waals surface area contributed by atoms with Gasteiger partial charge in [-0.05, 0) is 62.7 Å². The number of carbonyl (C=O) groups is 2. The first-order chi connectivity index (χ1) is 15.0. The Balaban J connectivity index is 1.27. The summed E-state index contributed by atoms with van der Waals surface area (Å²) in [5.74, 6) is 0.800. The summed E-state index contributed by atoms with van der Waals surface area (Å²) >= 11 is 4.75. The van der Waals surface area contributed by atoms with Crippen LogP contribution in [0.1, 0.15) is 50.2 Å². The third-order valence-electron chi connectivity index (χ3n) is 6.50. The minimum Gasteiger partial charge on any atom is -0.354 e. The molecule has 0 radical (unpaired) electrons. The average molecular weight is 495 g/mol. The van der Waals surface area contributed by atoms with Crippen LogP contribution in [-0.4, -0.2) is 36.9 Å². The highest BCUT2D eigenvalue weighted by atomic mass is 79.9. The topological polar surface area (TPSA) is 49.4 Å². The summed E-state index contributed by atoms with van der Waals surface area (Å²) in [5.41, 5.74) is 5.65. The molecule has 31 heavy (non-hydrogen) atoms. The van der Waals surface area contributed by atoms with Gasteiger partial charge in [0.25, 0.3) is 5.91 Å². The van der Waals surface area contributed by atoms with E-state index in [9.17, 15) is 9.59 Å². The zero-order chi connectivity index (χ0) is 21.5. The first-order valence-electron chi connectivity index (χ1n) is 10.5. The number of carbonyl (C=O) groups excluding carboxylic acids is 2. The van der Waals surface area contributed by atoms with Crippen molar-refractivity contribution in [3.63, 3.8) is 0 Å². The number of likely N-dealkylation sites (N-methyl/N-ethyl adjacent to an activating group) is 1. The van der Waals surface area contributed by atoms with E-state index < -0.39 is 0 Å². The van der Waals surface area contributed by atoms with Gasteiger partial charge in [0.15, 0.2) is 0 Å². The maximum absolute atomic E-state index is 12.6. The Morgan fingerprint density at radius 2 is 1.61 bits per heavy atom. The molecule has 158 valence electrons. The van der Waals surface area contributed by atoms with E-state index in [1.807, 2.05) is 6.07 Å². The number of hydrogen-bond acceptors (Lipinski definition) is 3. The normalized spacial score (nSPS) is 20.6. The Kier molecular flexibility index (Phi) is 5.44. The molecule has 0 saturated carbocycles. The minimum atomic E-state index is -0.134. The zero-order valence-corrected chi connectivity index (χ0v) is 19.6. The van der Waals surface area contributed by atoms with Crippen LogP contribution in [0.4, 0.5) is 0 Å². The minimum absolute atomic E-state index is 0.0579. The molecular weight excluding hydrogens is 472 g/mol. The quantitative estimate of drug-likeness (QED) is 0.542. The maximum atomic E-state index is 12.6. The molecule has 1 atom stereocenters. The lowest BCUT2D eigenvalue weighted by atomic mass is 9.59. The van der Waals surface area contributed by atoms with E-state index in [-0.39, 0.29) is 18.4 Å². The number of halogens is 1. The fraction of sp³-hybridized carbons (Fsp3) is 0.280. The monoisotopic (exact) mass is 494 g/mol. The molecular formula is C25H23BrN2O2S. The van der Waals surface area contributed by atoms with E-state index in [2.05, 4.69) is 69.8 Å². The summed E-state index contributed by atoms with van der Waals surface area (Å²) in [4.78, 5) is 27.2. The molecule has 1 heterocycles. The summed E-state index contributed by atoms with van der Waals surface area (Å²) in [7, 11) is 1.67. The van der Waals surface area contributed by atoms with E-state index in [0.717, 1.165) is 10.2 Å². The summed E-state index contributed by atoms with van der Waals surface area (Å²) in [6.45, 7) is 0.678. The third-order valence-corrected chi connectivity index (χ3v) is 8.11. The molecule has 6 heteroatoms. The highest BCUT2D eigenvalue weighted by molar-refractivity contribution is 9.11. The highest BCUT2D eigenvalue weighted by Gasteiger charge is 2.42. The fourth-order valence-corrected chi connectivity index (χ4v) is 6.55. The molecule has 0 spiro atoms. The number of thiophene rings is 1. The van der Waals surface area contributed by atoms with Crippen molar-refractivity contribution in [2.45, 2.75) is 18.3 Å². The van der Waals surface area contributed by atoms with E-state index in [4.69, 9.17) is 0 Å². The second kappa shape index (κ2) is 8.24. The molecule has 1 N–H and O–H groups in total. The number of nitrogens with one attached hydrogen (secondary N) is 1. The second-order valence-electron chi connectivity index (χ2n) is 8.35. The Morgan fingerprint density at radius 3 is 2.19 bits per heavy atom. The van der Waals surface area contributed by atoms with Crippen molar-refractivity contribution in [1.82, 2.24) is 10.2 Å². The Morgan fingerprint density at radius 1 is 1.00 bits per heavy atom. The van der Waals surface area contributed by atoms with Gasteiger partial charge in [0, 0.05) is 25.4 Å². The van der Waals surface area contributed by atoms with Crippen LogP contribution in [0.2, 0.25) is 0 Å². The van der Waals surface area contributed by atoms with E-state index in [0.29, 0.717) is 29.2 Å². The van der Waals surface area contributed by atoms with Gasteiger partial charge >= 0.3 is 0 Å². The average Bonchev–Trinajstić information content (AvgIpc) is 3.23. The summed E-state index contributed by atoms with van der Waals surface area (Å²) in [6.07, 6.45) is 1.04. The molecule has 0 saturated heterocycles. The number of rotatable bonds is 5. The molecule has 3 aliphatic carbocycles. The molecule has 0 fully saturated rings. The zero-order valence-electron chi connectivity index (χ0n) is 17.2. The van der Waals surface area contributed by atoms with Gasteiger partial charge in [0.1, 0.15) is 0 Å². The Bertz CT molecular complexity index is 1110. The fourth-order valence-electron chi connectivity index (χ4n) is 5.17. The molecule has 6 rings (SSSR count). The standard InChI is InChI=1S/C25H23BrN2O2S/c1-28(25(30)21-10-11-22(26)31-21)14-23(29)27-13-15-12-20-16-6-2-4-8-18(16)24(15)19-9-5-3-7-17(19)20/h2-11,15,20,24H,12-14H2,1H3,(H,27,29). The van der Waals surface area contributed by atoms with Crippen LogP contribution >= 0.6 is 27.3 Å². The van der Waals surface area contributed by atoms with Crippen molar-refractivity contribution in [2.75, 3.05) is 20.1 Å². The van der Waals surface area contributed by atoms with Crippen LogP contribution < -0.4 is 5.32 Å². The van der Waals surface area contributed by atoms with Crippen molar-refractivity contribution in [2.24, 2.45) is 5.92 Å². The second-order valence-corrected chi connectivity index (χ2v) is 10.8. The van der Waals surface area contributed by atoms with Crippen LogP contribution in [0.3, 0.4) is 0 Å². The van der Waals surface area contributed by atoms with Gasteiger partial charge in [-0.3, -0.25) is 9.59 Å². The number of fused-ring (bicyclic) bond motifs is 1. The van der Waals surface area contributed by atoms with E-state index in [1.165, 1.54) is 38.5 Å². The van der Waals surface area contributed by atoms with Crippen LogP contribution in [0.15, 0.2) is 64.5 Å². The van der Waals surface area contributed by atoms with E-state index >= 15 is 0 Å². The first kappa shape index (κ1) is 20.5. The lowest BCUT2D eigenvalue weighted by Gasteiger charge is -2.45. The molecule has 3 aliphatic rings. The summed E-state index contributed by atoms with van der Waals surface area (Å²) in [5, 5.41) is 3.10. The molecule has 1 aromatic heterocycles. The van der Waals surface area contributed by atoms with Gasteiger partial charge in [-0.25, -0.2) is 0 Å². The number of nitrogens with zero attached hydrogens (tertiary/aromatic N) is 1. The number of amides is 2. The molecule has 4 nitrogen and oxygen atoms in total. The summed E-state index contributed by atoms with van der Waals surface area (Å²) < 4.78 is 0.904. The van der Waals surface area contributed by atoms with Crippen molar-refractivity contribution < 1.29 is 9.59 Å². The number of hydrogen-bond donors (Lipinski definition) is 1. The van der Waals surface area contributed by atoms with E-state index in [1.54, 1.807) is 13.1 Å². The SMILES string of the molecule is CN(CC(=O)NCC1CC2c3ccccc3C1c1ccccc12)C(=O)c1ccc(Br)s1. The molecule has 2 aromatic carbocycles. The lowest BCUT2D eigenvalue weighted by Crippen LogP contribution is -2.43. The molecule has 2 bridgehead atoms. The van der Waals surface area contributed by atoms with Gasteiger partial charge in [-0.2, -0.15) is 0 Å². The van der Waals surface area contributed by atoms with Gasteiger partial charge in [-0.1, -0.05) is 48.5 Å². The van der Waals surface area contributed by atoms with Gasteiger partial charge < -0.3 is 10.2 Å². The summed E-state index contributed by atoms with van der Waals surface area (Å²) in [6, 6.07) is 21.1. The first-order valence-corrected chi connectivity index (χ1v) is 12.1. The molecule has 1 unspecified atom stereocenters. The molecule has 0 aliphatic heterocycles. The number of benzene rings is 2. The highest BCUT2D eigenvalue weighted by Crippen LogP contribution is 2.55. The third kappa shape index (κ3) is 3.72. The van der Waals surface area contributed by atoms with Gasteiger partial charge in [-0.15, -0.1) is 11.3 Å². The predicted molar refractivity (Wildman–Crippen MR) is 127 cm³/mol. The largest absolute Gasteiger partial charge is 0.354 e. The van der Waals surface area contributed by atoms with Crippen molar-refractivity contribution >= 4 is 39.1 Å². The van der Waals surface area contributed by atoms with Gasteiger partial charge in [0.2, 0.25) is 5.91 Å². The smallest absolute Gasteiger partial charge is 0.264 e. The van der Waals surface area contributed by atoms with Crippen LogP contribution in [0.5, 0.6) is 0 Å². The van der Waals surface area contributed by atoms with Crippen molar-refractivity contribution in [3.05, 3.63) is 91.6 Å². The van der Waals surface area contributed by atoms with Crippen LogP contribution in [-0.2, 0) is 4.79 Å². The predicted octanol–water partition coefficient (Wildman–Crippen LogP) is 5.00. The van der Waals surface area contributed by atoms with Crippen molar-refractivity contribution in [1.29, 1.82) is 0 Å². The lowest BCUT2D eigenvalue weighted by molar-refractivity contribution is -0.121. The van der Waals surface area contributed by atoms with Crippen LogP contribution in [0.25, 0.3) is 0 Å².